The molecule has 2 rings (SSSR count). The Morgan fingerprint density at radius 3 is 2.35 bits per heavy atom. The molecule has 4 N–H and O–H groups in total. The molecule has 1 fully saturated rings. The van der Waals surface area contributed by atoms with E-state index in [2.05, 4.69) is 10.0 Å². The van der Waals surface area contributed by atoms with Crippen LogP contribution in [0, 0.1) is 5.92 Å². The molecule has 20 heavy (non-hydrogen) atoms. The highest BCUT2D eigenvalue weighted by atomic mass is 32.2. The summed E-state index contributed by atoms with van der Waals surface area (Å²) in [6.45, 7) is 0.704. The Balaban J connectivity index is 1.98. The van der Waals surface area contributed by atoms with E-state index in [1.54, 1.807) is 24.3 Å². The molecule has 110 valence electrons. The van der Waals surface area contributed by atoms with Crippen LogP contribution in [0.3, 0.4) is 0 Å². The monoisotopic (exact) mass is 299 g/mol. The number of sulfonamides is 1. The zero-order chi connectivity index (χ0) is 14.8. The van der Waals surface area contributed by atoms with Gasteiger partial charge in [-0.1, -0.05) is 0 Å². The third-order valence-electron chi connectivity index (χ3n) is 2.92. The summed E-state index contributed by atoms with van der Waals surface area (Å²) in [4.78, 5) is 12.0. The zero-order valence-electron chi connectivity index (χ0n) is 11.0. The lowest BCUT2D eigenvalue weighted by Gasteiger charge is -2.13. The van der Waals surface area contributed by atoms with Crippen molar-refractivity contribution < 1.29 is 17.9 Å². The molecule has 0 aliphatic carbocycles. The van der Waals surface area contributed by atoms with Crippen molar-refractivity contribution in [3.05, 3.63) is 24.3 Å². The lowest BCUT2D eigenvalue weighted by Crippen LogP contribution is -2.37. The Hall–Kier alpha value is -1.64. The normalized spacial score (nSPS) is 22.5. The van der Waals surface area contributed by atoms with Crippen molar-refractivity contribution in [2.24, 2.45) is 11.7 Å². The molecule has 0 aromatic heterocycles. The van der Waals surface area contributed by atoms with E-state index in [9.17, 15) is 13.2 Å². The van der Waals surface area contributed by atoms with Crippen LogP contribution in [0.15, 0.2) is 24.3 Å². The van der Waals surface area contributed by atoms with E-state index >= 15 is 0 Å². The van der Waals surface area contributed by atoms with Crippen molar-refractivity contribution >= 4 is 27.3 Å². The molecule has 1 heterocycles. The van der Waals surface area contributed by atoms with Crippen LogP contribution in [0.2, 0.25) is 0 Å². The van der Waals surface area contributed by atoms with E-state index in [1.807, 2.05) is 0 Å². The van der Waals surface area contributed by atoms with E-state index in [0.717, 1.165) is 6.26 Å². The number of benzene rings is 1. The van der Waals surface area contributed by atoms with Crippen molar-refractivity contribution in [1.82, 2.24) is 0 Å². The van der Waals surface area contributed by atoms with Crippen LogP contribution in [-0.2, 0) is 19.6 Å². The molecular weight excluding hydrogens is 282 g/mol. The molecule has 1 saturated heterocycles. The number of hydrogen-bond donors (Lipinski definition) is 3. The Morgan fingerprint density at radius 1 is 1.25 bits per heavy atom. The van der Waals surface area contributed by atoms with Crippen molar-refractivity contribution in [3.8, 4) is 0 Å². The number of rotatable bonds is 4. The minimum absolute atomic E-state index is 0.196. The fourth-order valence-corrected chi connectivity index (χ4v) is 2.48. The highest BCUT2D eigenvalue weighted by Crippen LogP contribution is 2.18. The topological polar surface area (TPSA) is 111 Å². The predicted octanol–water partition coefficient (Wildman–Crippen LogP) is -0.0297. The predicted molar refractivity (Wildman–Crippen MR) is 75.8 cm³/mol. The van der Waals surface area contributed by atoms with E-state index in [1.165, 1.54) is 0 Å². The first kappa shape index (κ1) is 14.8. The third-order valence-corrected chi connectivity index (χ3v) is 3.52. The molecule has 0 saturated carbocycles. The number of hydrogen-bond acceptors (Lipinski definition) is 5. The van der Waals surface area contributed by atoms with Crippen LogP contribution in [0.25, 0.3) is 0 Å². The maximum Gasteiger partial charge on any atom is 0.231 e. The molecule has 0 spiro atoms. The lowest BCUT2D eigenvalue weighted by molar-refractivity contribution is -0.120. The largest absolute Gasteiger partial charge is 0.379 e. The molecule has 1 aliphatic rings. The van der Waals surface area contributed by atoms with Crippen LogP contribution in [0.1, 0.15) is 0 Å². The number of carbonyl (C=O) groups excluding carboxylic acids is 1. The maximum atomic E-state index is 12.0. The van der Waals surface area contributed by atoms with Crippen molar-refractivity contribution in [1.29, 1.82) is 0 Å². The summed E-state index contributed by atoms with van der Waals surface area (Å²) in [5.74, 6) is -0.553. The third kappa shape index (κ3) is 3.92. The van der Waals surface area contributed by atoms with Gasteiger partial charge in [0.1, 0.15) is 0 Å². The number of carbonyl (C=O) groups is 1. The number of nitrogens with one attached hydrogen (secondary N) is 2. The van der Waals surface area contributed by atoms with Gasteiger partial charge in [0.15, 0.2) is 0 Å². The molecular formula is C12H17N3O4S. The van der Waals surface area contributed by atoms with Crippen LogP contribution in [0.5, 0.6) is 0 Å². The lowest BCUT2D eigenvalue weighted by atomic mass is 10.0. The molecule has 1 aromatic rings. The number of amides is 1. The van der Waals surface area contributed by atoms with Gasteiger partial charge in [-0.05, 0) is 24.3 Å². The standard InChI is InChI=1S/C12H17N3O4S/c1-20(17,18)15-9-4-2-8(3-5-9)14-12(16)10-6-19-7-11(10)13/h2-5,10-11,15H,6-7,13H2,1H3,(H,14,16). The van der Waals surface area contributed by atoms with E-state index in [4.69, 9.17) is 10.5 Å². The molecule has 0 radical (unpaired) electrons. The number of anilines is 2. The highest BCUT2D eigenvalue weighted by Gasteiger charge is 2.31. The Bertz CT molecular complexity index is 585. The van der Waals surface area contributed by atoms with Gasteiger partial charge >= 0.3 is 0 Å². The van der Waals surface area contributed by atoms with Gasteiger partial charge in [-0.25, -0.2) is 8.42 Å². The SMILES string of the molecule is CS(=O)(=O)Nc1ccc(NC(=O)C2COCC2N)cc1. The first-order valence-electron chi connectivity index (χ1n) is 6.07. The smallest absolute Gasteiger partial charge is 0.231 e. The van der Waals surface area contributed by atoms with Crippen LogP contribution in [0.4, 0.5) is 11.4 Å². The molecule has 8 heteroatoms. The van der Waals surface area contributed by atoms with Gasteiger partial charge in [-0.2, -0.15) is 0 Å². The summed E-state index contributed by atoms with van der Waals surface area (Å²) < 4.78 is 29.6. The van der Waals surface area contributed by atoms with Crippen LogP contribution < -0.4 is 15.8 Å². The minimum Gasteiger partial charge on any atom is -0.379 e. The Kier molecular flexibility index (Phi) is 4.26. The second kappa shape index (κ2) is 5.78. The fourth-order valence-electron chi connectivity index (χ4n) is 1.91. The quantitative estimate of drug-likeness (QED) is 0.723. The molecule has 7 nitrogen and oxygen atoms in total. The molecule has 2 unspecified atom stereocenters. The summed E-state index contributed by atoms with van der Waals surface area (Å²) in [5, 5.41) is 2.73. The Labute approximate surface area is 117 Å². The van der Waals surface area contributed by atoms with Gasteiger partial charge in [0, 0.05) is 17.4 Å². The maximum absolute atomic E-state index is 12.0. The summed E-state index contributed by atoms with van der Waals surface area (Å²) in [6.07, 6.45) is 1.07. The summed E-state index contributed by atoms with van der Waals surface area (Å²) in [5.41, 5.74) is 6.78. The number of nitrogens with two attached hydrogens (primary N) is 1. The van der Waals surface area contributed by atoms with Gasteiger partial charge < -0.3 is 15.8 Å². The zero-order valence-corrected chi connectivity index (χ0v) is 11.8. The minimum atomic E-state index is -3.30. The molecule has 2 atom stereocenters. The highest BCUT2D eigenvalue weighted by molar-refractivity contribution is 7.92. The van der Waals surface area contributed by atoms with Gasteiger partial charge in [0.2, 0.25) is 15.9 Å². The van der Waals surface area contributed by atoms with Gasteiger partial charge in [-0.3, -0.25) is 9.52 Å². The molecule has 0 bridgehead atoms. The second-order valence-corrected chi connectivity index (χ2v) is 6.50. The summed E-state index contributed by atoms with van der Waals surface area (Å²) in [7, 11) is -3.30. The van der Waals surface area contributed by atoms with Gasteiger partial charge in [-0.15, -0.1) is 0 Å². The van der Waals surface area contributed by atoms with Crippen LogP contribution in [-0.4, -0.2) is 39.8 Å². The fraction of sp³-hybridized carbons (Fsp3) is 0.417. The first-order chi connectivity index (χ1) is 9.35. The van der Waals surface area contributed by atoms with Gasteiger partial charge in [0.05, 0.1) is 25.4 Å². The molecule has 1 aliphatic heterocycles. The Morgan fingerprint density at radius 2 is 1.85 bits per heavy atom. The average Bonchev–Trinajstić information content (AvgIpc) is 2.76. The molecule has 1 aromatic carbocycles. The van der Waals surface area contributed by atoms with E-state index in [0.29, 0.717) is 24.6 Å². The van der Waals surface area contributed by atoms with Crippen LogP contribution >= 0.6 is 0 Å². The number of ether oxygens (including phenoxy) is 1. The van der Waals surface area contributed by atoms with Crippen molar-refractivity contribution in [2.75, 3.05) is 29.5 Å². The molecule has 1 amide bonds. The van der Waals surface area contributed by atoms with Gasteiger partial charge in [0.25, 0.3) is 0 Å². The first-order valence-corrected chi connectivity index (χ1v) is 7.96. The summed E-state index contributed by atoms with van der Waals surface area (Å²) in [6, 6.07) is 6.09. The van der Waals surface area contributed by atoms with E-state index < -0.39 is 10.0 Å². The second-order valence-electron chi connectivity index (χ2n) is 4.75. The van der Waals surface area contributed by atoms with Crippen molar-refractivity contribution in [2.45, 2.75) is 6.04 Å². The summed E-state index contributed by atoms with van der Waals surface area (Å²) >= 11 is 0. The van der Waals surface area contributed by atoms with E-state index in [-0.39, 0.29) is 17.9 Å². The van der Waals surface area contributed by atoms with Crippen molar-refractivity contribution in [3.63, 3.8) is 0 Å². The average molecular weight is 299 g/mol.